The van der Waals surface area contributed by atoms with Crippen LogP contribution in [0.5, 0.6) is 0 Å². The van der Waals surface area contributed by atoms with E-state index in [0.717, 1.165) is 5.56 Å². The van der Waals surface area contributed by atoms with Crippen molar-refractivity contribution in [1.29, 1.82) is 0 Å². The SMILES string of the molecule is CCC(NC(=O)c1cncc2c1cnn2-c1ccc(F)cc1)c1cnn([C@@H]2CCOC2=O)c1. The van der Waals surface area contributed by atoms with Gasteiger partial charge in [-0.3, -0.25) is 14.5 Å². The second kappa shape index (κ2) is 8.45. The number of cyclic esters (lactones) is 1. The number of carbonyl (C=O) groups excluding carboxylic acids is 2. The van der Waals surface area contributed by atoms with Gasteiger partial charge >= 0.3 is 5.97 Å². The Bertz CT molecular complexity index is 1330. The van der Waals surface area contributed by atoms with Crippen LogP contribution in [0.2, 0.25) is 0 Å². The van der Waals surface area contributed by atoms with Crippen LogP contribution >= 0.6 is 0 Å². The van der Waals surface area contributed by atoms with E-state index in [1.807, 2.05) is 6.92 Å². The highest BCUT2D eigenvalue weighted by molar-refractivity contribution is 6.06. The van der Waals surface area contributed by atoms with Crippen molar-refractivity contribution in [1.82, 2.24) is 29.9 Å². The lowest BCUT2D eigenvalue weighted by Gasteiger charge is -2.16. The molecule has 0 saturated carbocycles. The summed E-state index contributed by atoms with van der Waals surface area (Å²) in [7, 11) is 0. The van der Waals surface area contributed by atoms with E-state index < -0.39 is 6.04 Å². The summed E-state index contributed by atoms with van der Waals surface area (Å²) in [5.74, 6) is -0.934. The van der Waals surface area contributed by atoms with Crippen LogP contribution < -0.4 is 5.32 Å². The lowest BCUT2D eigenvalue weighted by atomic mass is 10.1. The Morgan fingerprint density at radius 2 is 2.03 bits per heavy atom. The second-order valence-electron chi connectivity index (χ2n) is 7.81. The first-order valence-electron chi connectivity index (χ1n) is 10.6. The van der Waals surface area contributed by atoms with E-state index in [1.54, 1.807) is 46.3 Å². The van der Waals surface area contributed by atoms with E-state index in [4.69, 9.17) is 4.74 Å². The summed E-state index contributed by atoms with van der Waals surface area (Å²) < 4.78 is 21.5. The van der Waals surface area contributed by atoms with Crippen molar-refractivity contribution in [2.24, 2.45) is 0 Å². The normalized spacial score (nSPS) is 16.7. The van der Waals surface area contributed by atoms with Gasteiger partial charge in [-0.2, -0.15) is 10.2 Å². The average Bonchev–Trinajstić information content (AvgIpc) is 3.57. The van der Waals surface area contributed by atoms with Gasteiger partial charge in [-0.15, -0.1) is 0 Å². The summed E-state index contributed by atoms with van der Waals surface area (Å²) in [5.41, 5.74) is 2.48. The van der Waals surface area contributed by atoms with Gasteiger partial charge in [0.25, 0.3) is 5.91 Å². The molecular formula is C23H21FN6O3. The highest BCUT2D eigenvalue weighted by atomic mass is 19.1. The molecule has 3 aromatic heterocycles. The minimum atomic E-state index is -0.429. The summed E-state index contributed by atoms with van der Waals surface area (Å²) in [5, 5.41) is 12.3. The second-order valence-corrected chi connectivity index (χ2v) is 7.81. The number of esters is 1. The number of fused-ring (bicyclic) bond motifs is 1. The number of halogens is 1. The van der Waals surface area contributed by atoms with E-state index in [1.165, 1.54) is 18.3 Å². The number of amides is 1. The maximum Gasteiger partial charge on any atom is 0.331 e. The standard InChI is InChI=1S/C23H21FN6O3/c1-2-19(14-9-26-29(13-14)20-7-8-33-23(20)32)28-22(31)18-10-25-12-21-17(18)11-27-30(21)16-5-3-15(24)4-6-16/h3-6,9-13,19-20H,2,7-8H2,1H3,(H,28,31)/t19?,20-/m1/s1. The molecule has 0 spiro atoms. The van der Waals surface area contributed by atoms with E-state index >= 15 is 0 Å². The molecule has 0 radical (unpaired) electrons. The van der Waals surface area contributed by atoms with Crippen LogP contribution in [0.15, 0.2) is 55.2 Å². The lowest BCUT2D eigenvalue weighted by molar-refractivity contribution is -0.140. The van der Waals surface area contributed by atoms with Gasteiger partial charge in [0.15, 0.2) is 6.04 Å². The van der Waals surface area contributed by atoms with Crippen LogP contribution in [-0.4, -0.2) is 43.0 Å². The first kappa shape index (κ1) is 20.8. The number of carbonyl (C=O) groups is 2. The molecule has 1 aliphatic heterocycles. The smallest absolute Gasteiger partial charge is 0.331 e. The third-order valence-corrected chi connectivity index (χ3v) is 5.78. The maximum absolute atomic E-state index is 13.3. The zero-order valence-electron chi connectivity index (χ0n) is 17.8. The fourth-order valence-corrected chi connectivity index (χ4v) is 4.00. The molecule has 0 bridgehead atoms. The molecule has 9 nitrogen and oxygen atoms in total. The molecule has 1 aliphatic rings. The van der Waals surface area contributed by atoms with Gasteiger partial charge in [0, 0.05) is 29.8 Å². The summed E-state index contributed by atoms with van der Waals surface area (Å²) in [4.78, 5) is 29.2. The summed E-state index contributed by atoms with van der Waals surface area (Å²) in [6.07, 6.45) is 9.35. The first-order chi connectivity index (χ1) is 16.0. The summed E-state index contributed by atoms with van der Waals surface area (Å²) in [6.45, 7) is 2.34. The molecule has 1 fully saturated rings. The molecule has 1 saturated heterocycles. The van der Waals surface area contributed by atoms with Crippen molar-refractivity contribution < 1.29 is 18.7 Å². The number of nitrogens with zero attached hydrogens (tertiary/aromatic N) is 5. The van der Waals surface area contributed by atoms with Crippen LogP contribution in [0.4, 0.5) is 4.39 Å². The number of nitrogens with one attached hydrogen (secondary N) is 1. The maximum atomic E-state index is 13.3. The van der Waals surface area contributed by atoms with Gasteiger partial charge in [-0.25, -0.2) is 13.9 Å². The molecule has 4 aromatic rings. The monoisotopic (exact) mass is 448 g/mol. The molecule has 0 aliphatic carbocycles. The molecule has 1 N–H and O–H groups in total. The number of aromatic nitrogens is 5. The molecular weight excluding hydrogens is 427 g/mol. The van der Waals surface area contributed by atoms with E-state index in [2.05, 4.69) is 20.5 Å². The highest BCUT2D eigenvalue weighted by Crippen LogP contribution is 2.25. The van der Waals surface area contributed by atoms with Crippen molar-refractivity contribution in [3.63, 3.8) is 0 Å². The van der Waals surface area contributed by atoms with Gasteiger partial charge in [-0.1, -0.05) is 6.92 Å². The van der Waals surface area contributed by atoms with Gasteiger partial charge in [0.05, 0.1) is 48.0 Å². The Kier molecular flexibility index (Phi) is 5.33. The molecule has 1 unspecified atom stereocenters. The number of rotatable bonds is 6. The van der Waals surface area contributed by atoms with Crippen LogP contribution in [0.25, 0.3) is 16.6 Å². The Labute approximate surface area is 188 Å². The third-order valence-electron chi connectivity index (χ3n) is 5.78. The van der Waals surface area contributed by atoms with E-state index in [9.17, 15) is 14.0 Å². The largest absolute Gasteiger partial charge is 0.464 e. The number of hydrogen-bond donors (Lipinski definition) is 1. The quantitative estimate of drug-likeness (QED) is 0.455. The fourth-order valence-electron chi connectivity index (χ4n) is 4.00. The van der Waals surface area contributed by atoms with Crippen LogP contribution in [-0.2, 0) is 9.53 Å². The van der Waals surface area contributed by atoms with Gasteiger partial charge < -0.3 is 10.1 Å². The minimum absolute atomic E-state index is 0.294. The van der Waals surface area contributed by atoms with Crippen LogP contribution in [0.1, 0.15) is 47.8 Å². The van der Waals surface area contributed by atoms with Crippen LogP contribution in [0.3, 0.4) is 0 Å². The van der Waals surface area contributed by atoms with Gasteiger partial charge in [0.1, 0.15) is 5.82 Å². The van der Waals surface area contributed by atoms with Crippen molar-refractivity contribution in [2.75, 3.05) is 6.61 Å². The number of pyridine rings is 1. The Balaban J connectivity index is 1.40. The third kappa shape index (κ3) is 3.84. The average molecular weight is 448 g/mol. The van der Waals surface area contributed by atoms with E-state index in [0.29, 0.717) is 41.6 Å². The topological polar surface area (TPSA) is 104 Å². The Morgan fingerprint density at radius 3 is 2.76 bits per heavy atom. The number of hydrogen-bond acceptors (Lipinski definition) is 6. The zero-order chi connectivity index (χ0) is 22.9. The molecule has 33 heavy (non-hydrogen) atoms. The zero-order valence-corrected chi connectivity index (χ0v) is 17.8. The molecule has 1 amide bonds. The molecule has 5 rings (SSSR count). The Hall–Kier alpha value is -4.08. The predicted molar refractivity (Wildman–Crippen MR) is 116 cm³/mol. The number of benzene rings is 1. The lowest BCUT2D eigenvalue weighted by Crippen LogP contribution is -2.28. The van der Waals surface area contributed by atoms with Gasteiger partial charge in [-0.05, 0) is 30.7 Å². The number of ether oxygens (including phenoxy) is 1. The Morgan fingerprint density at radius 1 is 1.21 bits per heavy atom. The van der Waals surface area contributed by atoms with Gasteiger partial charge in [0.2, 0.25) is 0 Å². The van der Waals surface area contributed by atoms with Crippen molar-refractivity contribution in [3.8, 4) is 5.69 Å². The first-order valence-corrected chi connectivity index (χ1v) is 10.6. The van der Waals surface area contributed by atoms with Crippen molar-refractivity contribution in [2.45, 2.75) is 31.8 Å². The molecule has 10 heteroatoms. The molecule has 1 aromatic carbocycles. The van der Waals surface area contributed by atoms with E-state index in [-0.39, 0.29) is 23.7 Å². The summed E-state index contributed by atoms with van der Waals surface area (Å²) in [6, 6.07) is 5.20. The predicted octanol–water partition coefficient (Wildman–Crippen LogP) is 3.13. The minimum Gasteiger partial charge on any atom is -0.464 e. The molecule has 4 heterocycles. The molecule has 2 atom stereocenters. The molecule has 168 valence electrons. The fraction of sp³-hybridized carbons (Fsp3) is 0.261. The summed E-state index contributed by atoms with van der Waals surface area (Å²) >= 11 is 0. The van der Waals surface area contributed by atoms with Crippen molar-refractivity contribution in [3.05, 3.63) is 72.2 Å². The highest BCUT2D eigenvalue weighted by Gasteiger charge is 2.29. The van der Waals surface area contributed by atoms with Crippen molar-refractivity contribution >= 4 is 22.8 Å². The van der Waals surface area contributed by atoms with Crippen LogP contribution in [0, 0.1) is 5.82 Å².